The maximum Gasteiger partial charge on any atom is 0.255 e. The highest BCUT2D eigenvalue weighted by molar-refractivity contribution is 6.00. The molecular weight excluding hydrogens is 409 g/mol. The summed E-state index contributed by atoms with van der Waals surface area (Å²) in [7, 11) is 0. The van der Waals surface area contributed by atoms with Crippen molar-refractivity contribution in [3.63, 3.8) is 0 Å². The van der Waals surface area contributed by atoms with Gasteiger partial charge in [0.1, 0.15) is 11.5 Å². The van der Waals surface area contributed by atoms with Gasteiger partial charge in [0.25, 0.3) is 5.91 Å². The molecule has 1 amide bonds. The lowest BCUT2D eigenvalue weighted by molar-refractivity contribution is 0.0954. The largest absolute Gasteiger partial charge is 0.504 e. The average Bonchev–Trinajstić information content (AvgIpc) is 3.23. The van der Waals surface area contributed by atoms with Gasteiger partial charge >= 0.3 is 0 Å². The zero-order valence-corrected chi connectivity index (χ0v) is 17.4. The Morgan fingerprint density at radius 3 is 2.41 bits per heavy atom. The van der Waals surface area contributed by atoms with Crippen molar-refractivity contribution in [3.8, 4) is 28.4 Å². The number of nitrogens with one attached hydrogen (secondary N) is 1. The lowest BCUT2D eigenvalue weighted by Gasteiger charge is -2.07. The summed E-state index contributed by atoms with van der Waals surface area (Å²) in [5.74, 6) is -1.03. The minimum absolute atomic E-state index is 0.186. The molecule has 0 saturated carbocycles. The van der Waals surface area contributed by atoms with Crippen LogP contribution in [0.1, 0.15) is 21.5 Å². The maximum absolute atomic E-state index is 13.3. The number of halogens is 1. The minimum atomic E-state index is -0.349. The zero-order chi connectivity index (χ0) is 22.7. The second kappa shape index (κ2) is 8.93. The topological polar surface area (TPSA) is 87.4 Å². The molecule has 0 saturated heterocycles. The molecule has 4 rings (SSSR count). The lowest BCUT2D eigenvalue weighted by atomic mass is 10.1. The quantitative estimate of drug-likeness (QED) is 0.396. The van der Waals surface area contributed by atoms with Crippen molar-refractivity contribution in [2.45, 2.75) is 13.3 Å². The van der Waals surface area contributed by atoms with Gasteiger partial charge in [-0.1, -0.05) is 35.9 Å². The van der Waals surface area contributed by atoms with Crippen molar-refractivity contribution in [3.05, 3.63) is 95.4 Å². The smallest absolute Gasteiger partial charge is 0.255 e. The standard InChI is InChI=1S/C25H22FN3O3/c1-16-2-5-18(6-3-16)24-21(15-29(28-24)20-9-7-19(26)8-10-20)25(32)27-13-12-17-4-11-22(30)23(31)14-17/h2-11,14-15,30-31H,12-13H2,1H3,(H,27,32). The number of hydrogen-bond donors (Lipinski definition) is 3. The number of aromatic nitrogens is 2. The van der Waals surface area contributed by atoms with Gasteiger partial charge in [0.05, 0.1) is 11.3 Å². The molecule has 6 nitrogen and oxygen atoms in total. The highest BCUT2D eigenvalue weighted by Gasteiger charge is 2.18. The monoisotopic (exact) mass is 431 g/mol. The predicted molar refractivity (Wildman–Crippen MR) is 120 cm³/mol. The van der Waals surface area contributed by atoms with Crippen molar-refractivity contribution < 1.29 is 19.4 Å². The van der Waals surface area contributed by atoms with Gasteiger partial charge in [-0.05, 0) is 55.3 Å². The number of amides is 1. The molecule has 162 valence electrons. The summed E-state index contributed by atoms with van der Waals surface area (Å²) in [5, 5.41) is 26.5. The summed E-state index contributed by atoms with van der Waals surface area (Å²) in [6.45, 7) is 2.31. The number of nitrogens with zero attached hydrogens (tertiary/aromatic N) is 2. The summed E-state index contributed by atoms with van der Waals surface area (Å²) < 4.78 is 14.9. The van der Waals surface area contributed by atoms with E-state index in [9.17, 15) is 19.4 Å². The molecule has 0 atom stereocenters. The van der Waals surface area contributed by atoms with E-state index in [1.807, 2.05) is 31.2 Å². The Hall–Kier alpha value is -4.13. The molecule has 4 aromatic rings. The van der Waals surface area contributed by atoms with E-state index in [0.29, 0.717) is 29.9 Å². The van der Waals surface area contributed by atoms with E-state index in [1.54, 1.807) is 29.1 Å². The zero-order valence-electron chi connectivity index (χ0n) is 17.4. The van der Waals surface area contributed by atoms with Gasteiger partial charge in [-0.3, -0.25) is 4.79 Å². The van der Waals surface area contributed by atoms with E-state index in [2.05, 4.69) is 10.4 Å². The van der Waals surface area contributed by atoms with Crippen molar-refractivity contribution in [2.24, 2.45) is 0 Å². The fourth-order valence-electron chi connectivity index (χ4n) is 3.33. The number of phenolic OH excluding ortho intramolecular Hbond substituents is 2. The maximum atomic E-state index is 13.3. The average molecular weight is 431 g/mol. The van der Waals surface area contributed by atoms with Crippen LogP contribution in [0.3, 0.4) is 0 Å². The Balaban J connectivity index is 1.58. The third kappa shape index (κ3) is 4.62. The number of phenols is 2. The van der Waals surface area contributed by atoms with Crippen molar-refractivity contribution >= 4 is 5.91 Å². The molecule has 0 fully saturated rings. The van der Waals surface area contributed by atoms with Crippen molar-refractivity contribution in [2.75, 3.05) is 6.54 Å². The molecule has 0 spiro atoms. The molecule has 32 heavy (non-hydrogen) atoms. The van der Waals surface area contributed by atoms with Crippen LogP contribution in [0.4, 0.5) is 4.39 Å². The molecule has 1 heterocycles. The Bertz CT molecular complexity index is 1250. The van der Waals surface area contributed by atoms with E-state index < -0.39 is 0 Å². The molecule has 0 bridgehead atoms. The molecule has 0 aliphatic carbocycles. The SMILES string of the molecule is Cc1ccc(-c2nn(-c3ccc(F)cc3)cc2C(=O)NCCc2ccc(O)c(O)c2)cc1. The number of carbonyl (C=O) groups excluding carboxylic acids is 1. The number of hydrogen-bond acceptors (Lipinski definition) is 4. The van der Waals surface area contributed by atoms with Gasteiger partial charge in [-0.2, -0.15) is 5.10 Å². The molecule has 3 aromatic carbocycles. The van der Waals surface area contributed by atoms with Crippen LogP contribution in [-0.4, -0.2) is 32.4 Å². The Morgan fingerprint density at radius 1 is 1.00 bits per heavy atom. The van der Waals surface area contributed by atoms with Gasteiger partial charge in [-0.15, -0.1) is 0 Å². The van der Waals surface area contributed by atoms with Crippen LogP contribution in [0.5, 0.6) is 11.5 Å². The molecule has 0 aliphatic rings. The molecule has 1 aromatic heterocycles. The molecular formula is C25H22FN3O3. The third-order valence-corrected chi connectivity index (χ3v) is 5.11. The first kappa shape index (κ1) is 21.1. The summed E-state index contributed by atoms with van der Waals surface area (Å²) in [5.41, 5.74) is 4.22. The predicted octanol–water partition coefficient (Wildman–Crippen LogP) is 4.37. The molecule has 0 unspecified atom stereocenters. The van der Waals surface area contributed by atoms with Crippen LogP contribution >= 0.6 is 0 Å². The highest BCUT2D eigenvalue weighted by atomic mass is 19.1. The van der Waals surface area contributed by atoms with Crippen LogP contribution in [0.15, 0.2) is 72.9 Å². The van der Waals surface area contributed by atoms with Crippen LogP contribution < -0.4 is 5.32 Å². The van der Waals surface area contributed by atoms with E-state index in [-0.39, 0.29) is 23.2 Å². The Morgan fingerprint density at radius 2 is 1.72 bits per heavy atom. The fraction of sp³-hybridized carbons (Fsp3) is 0.120. The van der Waals surface area contributed by atoms with Crippen LogP contribution in [0, 0.1) is 12.7 Å². The van der Waals surface area contributed by atoms with Crippen LogP contribution in [0.25, 0.3) is 16.9 Å². The first-order valence-electron chi connectivity index (χ1n) is 10.1. The highest BCUT2D eigenvalue weighted by Crippen LogP contribution is 2.26. The second-order valence-corrected chi connectivity index (χ2v) is 7.51. The van der Waals surface area contributed by atoms with Crippen molar-refractivity contribution in [1.29, 1.82) is 0 Å². The molecule has 0 aliphatic heterocycles. The number of aryl methyl sites for hydroxylation is 1. The van der Waals surface area contributed by atoms with Crippen molar-refractivity contribution in [1.82, 2.24) is 15.1 Å². The number of aromatic hydroxyl groups is 2. The van der Waals surface area contributed by atoms with E-state index in [4.69, 9.17) is 0 Å². The van der Waals surface area contributed by atoms with E-state index in [1.165, 1.54) is 24.3 Å². The van der Waals surface area contributed by atoms with Crippen LogP contribution in [0.2, 0.25) is 0 Å². The van der Waals surface area contributed by atoms with Gasteiger partial charge < -0.3 is 15.5 Å². The summed E-state index contributed by atoms with van der Waals surface area (Å²) in [6, 6.07) is 18.2. The second-order valence-electron chi connectivity index (χ2n) is 7.51. The normalized spacial score (nSPS) is 10.8. The fourth-order valence-corrected chi connectivity index (χ4v) is 3.33. The third-order valence-electron chi connectivity index (χ3n) is 5.11. The summed E-state index contributed by atoms with van der Waals surface area (Å²) in [6.07, 6.45) is 2.11. The molecule has 0 radical (unpaired) electrons. The Labute approximate surface area is 184 Å². The van der Waals surface area contributed by atoms with Gasteiger partial charge in [-0.25, -0.2) is 9.07 Å². The van der Waals surface area contributed by atoms with Crippen LogP contribution in [-0.2, 0) is 6.42 Å². The van der Waals surface area contributed by atoms with E-state index in [0.717, 1.165) is 16.7 Å². The summed E-state index contributed by atoms with van der Waals surface area (Å²) in [4.78, 5) is 13.0. The van der Waals surface area contributed by atoms with Gasteiger partial charge in [0, 0.05) is 18.3 Å². The van der Waals surface area contributed by atoms with Gasteiger partial charge in [0.2, 0.25) is 0 Å². The minimum Gasteiger partial charge on any atom is -0.504 e. The first-order valence-corrected chi connectivity index (χ1v) is 10.1. The first-order chi connectivity index (χ1) is 15.4. The Kier molecular flexibility index (Phi) is 5.89. The van der Waals surface area contributed by atoms with E-state index >= 15 is 0 Å². The summed E-state index contributed by atoms with van der Waals surface area (Å²) >= 11 is 0. The van der Waals surface area contributed by atoms with Gasteiger partial charge in [0.15, 0.2) is 11.5 Å². The molecule has 7 heteroatoms. The molecule has 3 N–H and O–H groups in total. The number of benzene rings is 3. The lowest BCUT2D eigenvalue weighted by Crippen LogP contribution is -2.25. The number of rotatable bonds is 6. The number of carbonyl (C=O) groups is 1.